The number of aliphatic carboxylic acids is 1. The van der Waals surface area contributed by atoms with Crippen LogP contribution in [0.3, 0.4) is 0 Å². The second-order valence-electron chi connectivity index (χ2n) is 3.06. The van der Waals surface area contributed by atoms with Gasteiger partial charge in [-0.25, -0.2) is 4.98 Å². The Morgan fingerprint density at radius 3 is 3.13 bits per heavy atom. The van der Waals surface area contributed by atoms with Gasteiger partial charge in [0.05, 0.1) is 5.69 Å². The van der Waals surface area contributed by atoms with E-state index in [1.54, 1.807) is 6.07 Å². The topological polar surface area (TPSA) is 75.1 Å². The van der Waals surface area contributed by atoms with Crippen LogP contribution in [0, 0.1) is 6.92 Å². The van der Waals surface area contributed by atoms with E-state index < -0.39 is 5.97 Å². The summed E-state index contributed by atoms with van der Waals surface area (Å²) >= 11 is 1.31. The van der Waals surface area contributed by atoms with Crippen LogP contribution in [0.1, 0.15) is 5.69 Å². The molecule has 0 saturated carbocycles. The summed E-state index contributed by atoms with van der Waals surface area (Å²) in [7, 11) is 0. The molecule has 0 spiro atoms. The molecular formula is C9H9N3O2S. The highest BCUT2D eigenvalue weighted by atomic mass is 32.1. The first-order valence-corrected chi connectivity index (χ1v) is 5.13. The molecule has 78 valence electrons. The van der Waals surface area contributed by atoms with Gasteiger partial charge in [-0.05, 0) is 30.6 Å². The standard InChI is InChI=1S/C9H9N3O2S/c1-5-6-2-3-7(10-4-8(13)14)11-9(6)15-12-5/h2-3H,4H2,1H3,(H,10,11)(H,13,14). The van der Waals surface area contributed by atoms with Crippen LogP contribution in [0.15, 0.2) is 12.1 Å². The van der Waals surface area contributed by atoms with Crippen molar-refractivity contribution in [3.05, 3.63) is 17.8 Å². The number of hydrogen-bond acceptors (Lipinski definition) is 5. The summed E-state index contributed by atoms with van der Waals surface area (Å²) in [5, 5.41) is 12.2. The lowest BCUT2D eigenvalue weighted by molar-refractivity contribution is -0.134. The van der Waals surface area contributed by atoms with Crippen molar-refractivity contribution in [3.8, 4) is 0 Å². The summed E-state index contributed by atoms with van der Waals surface area (Å²) < 4.78 is 4.17. The largest absolute Gasteiger partial charge is 0.480 e. The fourth-order valence-corrected chi connectivity index (χ4v) is 1.99. The number of aromatic nitrogens is 2. The predicted octanol–water partition coefficient (Wildman–Crippen LogP) is 1.50. The van der Waals surface area contributed by atoms with Gasteiger partial charge in [0.15, 0.2) is 0 Å². The van der Waals surface area contributed by atoms with E-state index in [1.165, 1.54) is 11.5 Å². The smallest absolute Gasteiger partial charge is 0.322 e. The number of nitrogens with one attached hydrogen (secondary N) is 1. The Labute approximate surface area is 89.9 Å². The molecule has 0 atom stereocenters. The predicted molar refractivity (Wildman–Crippen MR) is 58.3 cm³/mol. The molecule has 0 aliphatic carbocycles. The number of carboxylic acid groups (broad SMARTS) is 1. The highest BCUT2D eigenvalue weighted by molar-refractivity contribution is 7.12. The number of pyridine rings is 1. The Hall–Kier alpha value is -1.69. The second kappa shape index (κ2) is 3.82. The molecule has 0 aromatic carbocycles. The Morgan fingerprint density at radius 1 is 1.60 bits per heavy atom. The summed E-state index contributed by atoms with van der Waals surface area (Å²) in [5.41, 5.74) is 0.951. The van der Waals surface area contributed by atoms with Gasteiger partial charge in [-0.3, -0.25) is 4.79 Å². The van der Waals surface area contributed by atoms with Crippen LogP contribution in [-0.2, 0) is 4.79 Å². The molecule has 0 saturated heterocycles. The van der Waals surface area contributed by atoms with Crippen LogP contribution in [0.4, 0.5) is 5.82 Å². The third-order valence-corrected chi connectivity index (χ3v) is 2.79. The van der Waals surface area contributed by atoms with Gasteiger partial charge in [0, 0.05) is 5.39 Å². The molecule has 6 heteroatoms. The van der Waals surface area contributed by atoms with Crippen LogP contribution < -0.4 is 5.32 Å². The number of anilines is 1. The molecule has 2 rings (SSSR count). The van der Waals surface area contributed by atoms with Crippen LogP contribution >= 0.6 is 11.5 Å². The van der Waals surface area contributed by atoms with Crippen molar-refractivity contribution < 1.29 is 9.90 Å². The zero-order chi connectivity index (χ0) is 10.8. The number of nitrogens with zero attached hydrogens (tertiary/aromatic N) is 2. The Morgan fingerprint density at radius 2 is 2.40 bits per heavy atom. The minimum absolute atomic E-state index is 0.129. The SMILES string of the molecule is Cc1nsc2nc(NCC(=O)O)ccc12. The van der Waals surface area contributed by atoms with E-state index in [9.17, 15) is 4.79 Å². The van der Waals surface area contributed by atoms with E-state index in [0.29, 0.717) is 5.82 Å². The Balaban J connectivity index is 2.27. The third kappa shape index (κ3) is 2.04. The molecule has 0 radical (unpaired) electrons. The highest BCUT2D eigenvalue weighted by Crippen LogP contribution is 2.21. The average Bonchev–Trinajstić information content (AvgIpc) is 2.57. The summed E-state index contributed by atoms with van der Waals surface area (Å²) in [6, 6.07) is 3.65. The van der Waals surface area contributed by atoms with Crippen molar-refractivity contribution in [2.45, 2.75) is 6.92 Å². The Kier molecular flexibility index (Phi) is 2.51. The molecule has 0 fully saturated rings. The van der Waals surface area contributed by atoms with Gasteiger partial charge in [0.25, 0.3) is 0 Å². The average molecular weight is 223 g/mol. The van der Waals surface area contributed by atoms with Gasteiger partial charge in [-0.15, -0.1) is 0 Å². The van der Waals surface area contributed by atoms with Gasteiger partial charge in [-0.2, -0.15) is 4.37 Å². The second-order valence-corrected chi connectivity index (χ2v) is 3.82. The number of hydrogen-bond donors (Lipinski definition) is 2. The first-order chi connectivity index (χ1) is 7.16. The van der Waals surface area contributed by atoms with Crippen LogP contribution in [0.2, 0.25) is 0 Å². The van der Waals surface area contributed by atoms with Gasteiger partial charge in [0.2, 0.25) is 0 Å². The maximum Gasteiger partial charge on any atom is 0.322 e. The molecule has 2 aromatic heterocycles. The lowest BCUT2D eigenvalue weighted by Crippen LogP contribution is -2.12. The van der Waals surface area contributed by atoms with E-state index in [2.05, 4.69) is 14.7 Å². The molecule has 0 bridgehead atoms. The van der Waals surface area contributed by atoms with Crippen molar-refractivity contribution in [3.63, 3.8) is 0 Å². The van der Waals surface area contributed by atoms with Crippen molar-refractivity contribution >= 4 is 33.5 Å². The lowest BCUT2D eigenvalue weighted by atomic mass is 10.3. The van der Waals surface area contributed by atoms with E-state index in [-0.39, 0.29) is 6.54 Å². The van der Waals surface area contributed by atoms with Gasteiger partial charge in [0.1, 0.15) is 17.2 Å². The molecule has 2 heterocycles. The summed E-state index contributed by atoms with van der Waals surface area (Å²) in [4.78, 5) is 15.4. The lowest BCUT2D eigenvalue weighted by Gasteiger charge is -2.01. The molecular weight excluding hydrogens is 214 g/mol. The molecule has 5 nitrogen and oxygen atoms in total. The summed E-state index contributed by atoms with van der Waals surface area (Å²) in [6.45, 7) is 1.79. The van der Waals surface area contributed by atoms with Crippen molar-refractivity contribution in [1.29, 1.82) is 0 Å². The molecule has 0 aliphatic rings. The summed E-state index contributed by atoms with van der Waals surface area (Å²) in [5.74, 6) is -0.342. The first kappa shape index (κ1) is 9.85. The van der Waals surface area contributed by atoms with Crippen molar-refractivity contribution in [1.82, 2.24) is 9.36 Å². The number of fused-ring (bicyclic) bond motifs is 1. The van der Waals surface area contributed by atoms with Crippen molar-refractivity contribution in [2.24, 2.45) is 0 Å². The number of rotatable bonds is 3. The van der Waals surface area contributed by atoms with E-state index >= 15 is 0 Å². The van der Waals surface area contributed by atoms with Gasteiger partial charge < -0.3 is 10.4 Å². The van der Waals surface area contributed by atoms with Crippen molar-refractivity contribution in [2.75, 3.05) is 11.9 Å². The molecule has 2 N–H and O–H groups in total. The molecule has 0 amide bonds. The monoisotopic (exact) mass is 223 g/mol. The third-order valence-electron chi connectivity index (χ3n) is 1.94. The fourth-order valence-electron chi connectivity index (χ4n) is 1.21. The zero-order valence-corrected chi connectivity index (χ0v) is 8.84. The van der Waals surface area contributed by atoms with Crippen LogP contribution in [-0.4, -0.2) is 27.0 Å². The van der Waals surface area contributed by atoms with E-state index in [0.717, 1.165) is 15.9 Å². The van der Waals surface area contributed by atoms with E-state index in [1.807, 2.05) is 13.0 Å². The number of carbonyl (C=O) groups is 1. The van der Waals surface area contributed by atoms with E-state index in [4.69, 9.17) is 5.11 Å². The normalized spacial score (nSPS) is 10.5. The molecule has 0 aliphatic heterocycles. The maximum atomic E-state index is 10.3. The van der Waals surface area contributed by atoms with Gasteiger partial charge >= 0.3 is 5.97 Å². The highest BCUT2D eigenvalue weighted by Gasteiger charge is 2.04. The molecule has 15 heavy (non-hydrogen) atoms. The van der Waals surface area contributed by atoms with Crippen LogP contribution in [0.5, 0.6) is 0 Å². The van der Waals surface area contributed by atoms with Crippen LogP contribution in [0.25, 0.3) is 10.2 Å². The molecule has 0 unspecified atom stereocenters. The molecule has 2 aromatic rings. The minimum Gasteiger partial charge on any atom is -0.480 e. The number of aryl methyl sites for hydroxylation is 1. The zero-order valence-electron chi connectivity index (χ0n) is 8.02. The minimum atomic E-state index is -0.905. The Bertz CT molecular complexity index is 509. The fraction of sp³-hybridized carbons (Fsp3) is 0.222. The maximum absolute atomic E-state index is 10.3. The number of carboxylic acids is 1. The van der Waals surface area contributed by atoms with Gasteiger partial charge in [-0.1, -0.05) is 0 Å². The quantitative estimate of drug-likeness (QED) is 0.824. The first-order valence-electron chi connectivity index (χ1n) is 4.35. The summed E-state index contributed by atoms with van der Waals surface area (Å²) in [6.07, 6.45) is 0.